The normalized spacial score (nSPS) is 15.8. The van der Waals surface area contributed by atoms with Gasteiger partial charge in [-0.25, -0.2) is 0 Å². The molecule has 20 heavy (non-hydrogen) atoms. The fourth-order valence-corrected chi connectivity index (χ4v) is 5.74. The molecule has 0 spiro atoms. The Balaban J connectivity index is 1.76. The summed E-state index contributed by atoms with van der Waals surface area (Å²) in [6.45, 7) is 0. The molecule has 0 aliphatic heterocycles. The summed E-state index contributed by atoms with van der Waals surface area (Å²) in [6, 6.07) is 22.2. The van der Waals surface area contributed by atoms with Gasteiger partial charge in [-0.2, -0.15) is 0 Å². The number of benzene rings is 2. The molecule has 0 bridgehead atoms. The molecule has 0 N–H and O–H groups in total. The smallest absolute Gasteiger partial charge is 0.0195 e. The topological polar surface area (TPSA) is 0 Å². The van der Waals surface area contributed by atoms with Crippen molar-refractivity contribution in [2.24, 2.45) is 5.92 Å². The monoisotopic (exact) mass is 282 g/mol. The van der Waals surface area contributed by atoms with E-state index in [2.05, 4.69) is 60.7 Å². The third-order valence-electron chi connectivity index (χ3n) is 4.37. The first-order valence-electron chi connectivity index (χ1n) is 7.81. The lowest BCUT2D eigenvalue weighted by molar-refractivity contribution is 0.534. The lowest BCUT2D eigenvalue weighted by Gasteiger charge is -2.20. The van der Waals surface area contributed by atoms with Crippen LogP contribution in [0.2, 0.25) is 0 Å². The van der Waals surface area contributed by atoms with Crippen LogP contribution in [0.1, 0.15) is 32.1 Å². The zero-order valence-electron chi connectivity index (χ0n) is 12.0. The van der Waals surface area contributed by atoms with Crippen LogP contribution in [0.4, 0.5) is 0 Å². The number of hydrogen-bond acceptors (Lipinski definition) is 0. The summed E-state index contributed by atoms with van der Waals surface area (Å²) < 4.78 is 0. The van der Waals surface area contributed by atoms with Gasteiger partial charge in [-0.05, 0) is 37.0 Å². The fourth-order valence-electron chi connectivity index (χ4n) is 3.23. The van der Waals surface area contributed by atoms with E-state index in [-0.39, 0.29) is 7.92 Å². The highest BCUT2D eigenvalue weighted by molar-refractivity contribution is 7.73. The van der Waals surface area contributed by atoms with E-state index in [0.717, 1.165) is 5.92 Å². The first-order chi connectivity index (χ1) is 9.93. The van der Waals surface area contributed by atoms with Gasteiger partial charge in [0.15, 0.2) is 0 Å². The van der Waals surface area contributed by atoms with Crippen LogP contribution in [-0.2, 0) is 0 Å². The molecule has 3 rings (SSSR count). The minimum atomic E-state index is -0.167. The first-order valence-corrected chi connectivity index (χ1v) is 9.34. The quantitative estimate of drug-likeness (QED) is 0.697. The molecule has 0 nitrogen and oxygen atoms in total. The van der Waals surface area contributed by atoms with Gasteiger partial charge in [-0.1, -0.05) is 86.3 Å². The van der Waals surface area contributed by atoms with Crippen LogP contribution in [0.25, 0.3) is 0 Å². The van der Waals surface area contributed by atoms with Crippen LogP contribution < -0.4 is 10.6 Å². The SMILES string of the molecule is c1ccc(P(CCC2CCCC2)c2ccccc2)cc1. The molecule has 0 amide bonds. The van der Waals surface area contributed by atoms with E-state index in [4.69, 9.17) is 0 Å². The molecule has 0 radical (unpaired) electrons. The maximum absolute atomic E-state index is 2.31. The molecule has 1 saturated carbocycles. The van der Waals surface area contributed by atoms with E-state index in [9.17, 15) is 0 Å². The van der Waals surface area contributed by atoms with Crippen molar-refractivity contribution in [3.63, 3.8) is 0 Å². The second-order valence-electron chi connectivity index (χ2n) is 5.76. The zero-order chi connectivity index (χ0) is 13.6. The van der Waals surface area contributed by atoms with Gasteiger partial charge < -0.3 is 0 Å². The van der Waals surface area contributed by atoms with Crippen molar-refractivity contribution < 1.29 is 0 Å². The van der Waals surface area contributed by atoms with Crippen LogP contribution in [-0.4, -0.2) is 6.16 Å². The number of hydrogen-bond donors (Lipinski definition) is 0. The molecular formula is C19H23P. The highest BCUT2D eigenvalue weighted by Crippen LogP contribution is 2.38. The van der Waals surface area contributed by atoms with Gasteiger partial charge in [0.2, 0.25) is 0 Å². The zero-order valence-corrected chi connectivity index (χ0v) is 12.9. The van der Waals surface area contributed by atoms with E-state index in [1.807, 2.05) is 0 Å². The van der Waals surface area contributed by atoms with E-state index in [0.29, 0.717) is 0 Å². The predicted molar refractivity (Wildman–Crippen MR) is 90.5 cm³/mol. The van der Waals surface area contributed by atoms with E-state index in [1.165, 1.54) is 48.9 Å². The predicted octanol–water partition coefficient (Wildman–Crippen LogP) is 4.70. The lowest BCUT2D eigenvalue weighted by atomic mass is 10.1. The van der Waals surface area contributed by atoms with E-state index < -0.39 is 0 Å². The summed E-state index contributed by atoms with van der Waals surface area (Å²) >= 11 is 0. The molecule has 2 aromatic rings. The fraction of sp³-hybridized carbons (Fsp3) is 0.368. The van der Waals surface area contributed by atoms with Crippen LogP contribution in [0.3, 0.4) is 0 Å². The summed E-state index contributed by atoms with van der Waals surface area (Å²) in [7, 11) is -0.167. The molecule has 0 heterocycles. The van der Waals surface area contributed by atoms with Crippen LogP contribution >= 0.6 is 7.92 Å². The van der Waals surface area contributed by atoms with Crippen molar-refractivity contribution in [1.82, 2.24) is 0 Å². The lowest BCUT2D eigenvalue weighted by Crippen LogP contribution is -2.15. The van der Waals surface area contributed by atoms with Crippen molar-refractivity contribution in [1.29, 1.82) is 0 Å². The van der Waals surface area contributed by atoms with Gasteiger partial charge in [0.25, 0.3) is 0 Å². The minimum absolute atomic E-state index is 0.167. The summed E-state index contributed by atoms with van der Waals surface area (Å²) in [4.78, 5) is 0. The Morgan fingerprint density at radius 2 is 1.25 bits per heavy atom. The van der Waals surface area contributed by atoms with E-state index in [1.54, 1.807) is 0 Å². The highest BCUT2D eigenvalue weighted by atomic mass is 31.1. The second kappa shape index (κ2) is 7.04. The van der Waals surface area contributed by atoms with Crippen molar-refractivity contribution in [3.05, 3.63) is 60.7 Å². The van der Waals surface area contributed by atoms with Crippen LogP contribution in [0, 0.1) is 5.92 Å². The molecule has 1 aliphatic carbocycles. The van der Waals surface area contributed by atoms with Crippen LogP contribution in [0.15, 0.2) is 60.7 Å². The Morgan fingerprint density at radius 1 is 0.750 bits per heavy atom. The largest absolute Gasteiger partial charge is 0.0622 e. The summed E-state index contributed by atoms with van der Waals surface area (Å²) in [6.07, 6.45) is 8.61. The standard InChI is InChI=1S/C19H23P/c1-3-11-18(12-4-1)20(19-13-5-2-6-14-19)16-15-17-9-7-8-10-17/h1-6,11-14,17H,7-10,15-16H2. The minimum Gasteiger partial charge on any atom is -0.0622 e. The summed E-state index contributed by atoms with van der Waals surface area (Å²) in [5.74, 6) is 0.993. The molecule has 2 aromatic carbocycles. The molecule has 0 aromatic heterocycles. The maximum Gasteiger partial charge on any atom is -0.0195 e. The average Bonchev–Trinajstić information content (AvgIpc) is 3.03. The van der Waals surface area contributed by atoms with Crippen molar-refractivity contribution >= 4 is 18.5 Å². The second-order valence-corrected chi connectivity index (χ2v) is 8.10. The van der Waals surface area contributed by atoms with Gasteiger partial charge >= 0.3 is 0 Å². The third kappa shape index (κ3) is 3.49. The Hall–Kier alpha value is -1.13. The van der Waals surface area contributed by atoms with Crippen molar-refractivity contribution in [2.75, 3.05) is 6.16 Å². The first kappa shape index (κ1) is 13.8. The molecule has 1 fully saturated rings. The molecule has 1 heteroatoms. The van der Waals surface area contributed by atoms with E-state index >= 15 is 0 Å². The van der Waals surface area contributed by atoms with Gasteiger partial charge in [-0.3, -0.25) is 0 Å². The van der Waals surface area contributed by atoms with Gasteiger partial charge in [0.05, 0.1) is 0 Å². The molecule has 1 aliphatic rings. The summed E-state index contributed by atoms with van der Waals surface area (Å²) in [5.41, 5.74) is 0. The Bertz CT molecular complexity index is 460. The van der Waals surface area contributed by atoms with Crippen molar-refractivity contribution in [2.45, 2.75) is 32.1 Å². The summed E-state index contributed by atoms with van der Waals surface area (Å²) in [5, 5.41) is 3.07. The molecule has 0 saturated heterocycles. The van der Waals surface area contributed by atoms with Crippen molar-refractivity contribution in [3.8, 4) is 0 Å². The molecule has 0 atom stereocenters. The maximum atomic E-state index is 2.31. The molecule has 104 valence electrons. The Kier molecular flexibility index (Phi) is 4.87. The molecular weight excluding hydrogens is 259 g/mol. The third-order valence-corrected chi connectivity index (χ3v) is 6.92. The van der Waals surface area contributed by atoms with Gasteiger partial charge in [0, 0.05) is 0 Å². The van der Waals surface area contributed by atoms with Crippen LogP contribution in [0.5, 0.6) is 0 Å². The van der Waals surface area contributed by atoms with Gasteiger partial charge in [0.1, 0.15) is 0 Å². The Labute approximate surface area is 124 Å². The highest BCUT2D eigenvalue weighted by Gasteiger charge is 2.19. The molecule has 0 unspecified atom stereocenters. The number of rotatable bonds is 5. The van der Waals surface area contributed by atoms with Gasteiger partial charge in [-0.15, -0.1) is 0 Å². The average molecular weight is 282 g/mol. The Morgan fingerprint density at radius 3 is 1.75 bits per heavy atom.